The molecule has 1 heterocycles. The molecule has 0 aromatic heterocycles. The van der Waals surface area contributed by atoms with Gasteiger partial charge in [-0.2, -0.15) is 0 Å². The lowest BCUT2D eigenvalue weighted by Crippen LogP contribution is -2.33. The molecule has 16 heavy (non-hydrogen) atoms. The zero-order chi connectivity index (χ0) is 11.4. The van der Waals surface area contributed by atoms with Crippen LogP contribution in [0.4, 0.5) is 0 Å². The van der Waals surface area contributed by atoms with Crippen LogP contribution in [0, 0.1) is 0 Å². The number of hydrogen-bond donors (Lipinski definition) is 1. The molecule has 0 bridgehead atoms. The van der Waals surface area contributed by atoms with Gasteiger partial charge in [-0.15, -0.1) is 0 Å². The molecule has 1 N–H and O–H groups in total. The van der Waals surface area contributed by atoms with Crippen LogP contribution in [-0.4, -0.2) is 32.8 Å². The number of carbonyl (C=O) groups excluding carboxylic acids is 1. The van der Waals surface area contributed by atoms with Crippen molar-refractivity contribution in [3.63, 3.8) is 0 Å². The van der Waals surface area contributed by atoms with Crippen LogP contribution in [0.2, 0.25) is 0 Å². The summed E-state index contributed by atoms with van der Waals surface area (Å²) in [6.45, 7) is 2.44. The lowest BCUT2D eigenvalue weighted by Gasteiger charge is -2.23. The second-order valence-corrected chi connectivity index (χ2v) is 3.68. The average molecular weight is 221 g/mol. The van der Waals surface area contributed by atoms with E-state index in [0.29, 0.717) is 5.56 Å². The average Bonchev–Trinajstić information content (AvgIpc) is 2.39. The van der Waals surface area contributed by atoms with Crippen molar-refractivity contribution in [2.45, 2.75) is 6.10 Å². The molecule has 4 nitrogen and oxygen atoms in total. The molecule has 0 spiro atoms. The SMILES string of the molecule is COC(=O)c1ccc(C2CNCCO2)cc1. The summed E-state index contributed by atoms with van der Waals surface area (Å²) < 4.78 is 10.3. The highest BCUT2D eigenvalue weighted by Gasteiger charge is 2.15. The highest BCUT2D eigenvalue weighted by Crippen LogP contribution is 2.19. The maximum absolute atomic E-state index is 11.2. The first-order valence-electron chi connectivity index (χ1n) is 5.32. The Morgan fingerprint density at radius 3 is 2.75 bits per heavy atom. The van der Waals surface area contributed by atoms with E-state index in [1.54, 1.807) is 12.1 Å². The minimum absolute atomic E-state index is 0.0837. The zero-order valence-corrected chi connectivity index (χ0v) is 9.23. The van der Waals surface area contributed by atoms with E-state index in [-0.39, 0.29) is 12.1 Å². The Bertz CT molecular complexity index is 355. The molecule has 0 amide bonds. The van der Waals surface area contributed by atoms with E-state index in [0.717, 1.165) is 25.3 Å². The first-order chi connectivity index (χ1) is 7.81. The van der Waals surface area contributed by atoms with Gasteiger partial charge >= 0.3 is 5.97 Å². The van der Waals surface area contributed by atoms with Gasteiger partial charge in [-0.25, -0.2) is 4.79 Å². The normalized spacial score (nSPS) is 20.4. The molecule has 2 rings (SSSR count). The summed E-state index contributed by atoms with van der Waals surface area (Å²) in [7, 11) is 1.38. The number of benzene rings is 1. The zero-order valence-electron chi connectivity index (χ0n) is 9.23. The third-order valence-electron chi connectivity index (χ3n) is 2.63. The van der Waals surface area contributed by atoms with Crippen LogP contribution in [0.3, 0.4) is 0 Å². The van der Waals surface area contributed by atoms with Gasteiger partial charge in [-0.1, -0.05) is 12.1 Å². The second-order valence-electron chi connectivity index (χ2n) is 3.68. The number of morpholine rings is 1. The van der Waals surface area contributed by atoms with Crippen molar-refractivity contribution in [1.82, 2.24) is 5.32 Å². The monoisotopic (exact) mass is 221 g/mol. The van der Waals surface area contributed by atoms with Crippen LogP contribution in [0.15, 0.2) is 24.3 Å². The Morgan fingerprint density at radius 2 is 2.19 bits per heavy atom. The number of methoxy groups -OCH3 is 1. The summed E-state index contributed by atoms with van der Waals surface area (Å²) in [6, 6.07) is 7.34. The van der Waals surface area contributed by atoms with Gasteiger partial charge in [0.1, 0.15) is 0 Å². The van der Waals surface area contributed by atoms with Crippen LogP contribution in [-0.2, 0) is 9.47 Å². The van der Waals surface area contributed by atoms with Crippen molar-refractivity contribution in [2.24, 2.45) is 0 Å². The van der Waals surface area contributed by atoms with Crippen LogP contribution in [0.1, 0.15) is 22.0 Å². The van der Waals surface area contributed by atoms with Gasteiger partial charge in [0, 0.05) is 13.1 Å². The third-order valence-corrected chi connectivity index (χ3v) is 2.63. The number of esters is 1. The summed E-state index contributed by atoms with van der Waals surface area (Å²) in [5.41, 5.74) is 1.65. The Morgan fingerprint density at radius 1 is 1.44 bits per heavy atom. The van der Waals surface area contributed by atoms with Crippen LogP contribution < -0.4 is 5.32 Å². The van der Waals surface area contributed by atoms with E-state index in [4.69, 9.17) is 4.74 Å². The lowest BCUT2D eigenvalue weighted by molar-refractivity contribution is 0.0276. The summed E-state index contributed by atoms with van der Waals surface area (Å²) in [6.07, 6.45) is 0.0837. The molecule has 0 saturated carbocycles. The second kappa shape index (κ2) is 5.09. The van der Waals surface area contributed by atoms with E-state index >= 15 is 0 Å². The number of nitrogens with one attached hydrogen (secondary N) is 1. The summed E-state index contributed by atoms with van der Waals surface area (Å²) in [4.78, 5) is 11.2. The molecule has 1 aliphatic heterocycles. The largest absolute Gasteiger partial charge is 0.465 e. The van der Waals surface area contributed by atoms with Gasteiger partial charge in [0.05, 0.1) is 25.4 Å². The molecule has 4 heteroatoms. The van der Waals surface area contributed by atoms with Crippen LogP contribution in [0.5, 0.6) is 0 Å². The van der Waals surface area contributed by atoms with E-state index < -0.39 is 0 Å². The number of rotatable bonds is 2. The quantitative estimate of drug-likeness (QED) is 0.761. The van der Waals surface area contributed by atoms with Gasteiger partial charge in [0.15, 0.2) is 0 Å². The Labute approximate surface area is 94.6 Å². The van der Waals surface area contributed by atoms with Crippen LogP contribution >= 0.6 is 0 Å². The van der Waals surface area contributed by atoms with E-state index in [1.807, 2.05) is 12.1 Å². The Balaban J connectivity index is 2.09. The Kier molecular flexibility index (Phi) is 3.54. The van der Waals surface area contributed by atoms with E-state index in [9.17, 15) is 4.79 Å². The lowest BCUT2D eigenvalue weighted by atomic mass is 10.1. The molecule has 1 aromatic rings. The molecule has 0 aliphatic carbocycles. The number of hydrogen-bond acceptors (Lipinski definition) is 4. The molecular formula is C12H15NO3. The predicted octanol–water partition coefficient (Wildman–Crippen LogP) is 1.13. The van der Waals surface area contributed by atoms with Gasteiger partial charge < -0.3 is 14.8 Å². The van der Waals surface area contributed by atoms with Crippen molar-refractivity contribution in [3.05, 3.63) is 35.4 Å². The van der Waals surface area contributed by atoms with Crippen molar-refractivity contribution in [3.8, 4) is 0 Å². The molecular weight excluding hydrogens is 206 g/mol. The standard InChI is InChI=1S/C12H15NO3/c1-15-12(14)10-4-2-9(3-5-10)11-8-13-6-7-16-11/h2-5,11,13H,6-8H2,1H3. The van der Waals surface area contributed by atoms with Crippen molar-refractivity contribution >= 4 is 5.97 Å². The van der Waals surface area contributed by atoms with E-state index in [2.05, 4.69) is 10.1 Å². The van der Waals surface area contributed by atoms with Crippen molar-refractivity contribution in [1.29, 1.82) is 0 Å². The maximum atomic E-state index is 11.2. The van der Waals surface area contributed by atoms with Crippen molar-refractivity contribution in [2.75, 3.05) is 26.8 Å². The molecule has 1 fully saturated rings. The third kappa shape index (κ3) is 2.40. The van der Waals surface area contributed by atoms with Gasteiger partial charge in [0.2, 0.25) is 0 Å². The number of carbonyl (C=O) groups is 1. The fourth-order valence-electron chi connectivity index (χ4n) is 1.73. The first kappa shape index (κ1) is 11.1. The minimum atomic E-state index is -0.311. The van der Waals surface area contributed by atoms with Crippen LogP contribution in [0.25, 0.3) is 0 Å². The molecule has 1 unspecified atom stereocenters. The fourth-order valence-corrected chi connectivity index (χ4v) is 1.73. The smallest absolute Gasteiger partial charge is 0.337 e. The molecule has 1 aliphatic rings. The molecule has 1 atom stereocenters. The molecule has 86 valence electrons. The van der Waals surface area contributed by atoms with Gasteiger partial charge in [-0.3, -0.25) is 0 Å². The predicted molar refractivity (Wildman–Crippen MR) is 59.3 cm³/mol. The van der Waals surface area contributed by atoms with E-state index in [1.165, 1.54) is 7.11 Å². The molecule has 0 radical (unpaired) electrons. The summed E-state index contributed by atoms with van der Waals surface area (Å²) in [5, 5.41) is 3.27. The summed E-state index contributed by atoms with van der Waals surface area (Å²) in [5.74, 6) is -0.311. The molecule has 1 aromatic carbocycles. The first-order valence-corrected chi connectivity index (χ1v) is 5.32. The highest BCUT2D eigenvalue weighted by atomic mass is 16.5. The topological polar surface area (TPSA) is 47.6 Å². The fraction of sp³-hybridized carbons (Fsp3) is 0.417. The number of ether oxygens (including phenoxy) is 2. The van der Waals surface area contributed by atoms with Gasteiger partial charge in [-0.05, 0) is 17.7 Å². The maximum Gasteiger partial charge on any atom is 0.337 e. The molecule has 1 saturated heterocycles. The highest BCUT2D eigenvalue weighted by molar-refractivity contribution is 5.89. The van der Waals surface area contributed by atoms with Crippen molar-refractivity contribution < 1.29 is 14.3 Å². The Hall–Kier alpha value is -1.39. The minimum Gasteiger partial charge on any atom is -0.465 e. The van der Waals surface area contributed by atoms with Gasteiger partial charge in [0.25, 0.3) is 0 Å². The summed E-state index contributed by atoms with van der Waals surface area (Å²) >= 11 is 0.